The van der Waals surface area contributed by atoms with E-state index in [0.29, 0.717) is 11.4 Å². The summed E-state index contributed by atoms with van der Waals surface area (Å²) >= 11 is 6.74. The molecule has 0 unspecified atom stereocenters. The van der Waals surface area contributed by atoms with Crippen molar-refractivity contribution in [2.45, 2.75) is 6.92 Å². The first-order valence-electron chi connectivity index (χ1n) is 5.55. The summed E-state index contributed by atoms with van der Waals surface area (Å²) in [4.78, 5) is 11.8. The maximum Gasteiger partial charge on any atom is 0.248 e. The van der Waals surface area contributed by atoms with Gasteiger partial charge in [0.15, 0.2) is 0 Å². The summed E-state index contributed by atoms with van der Waals surface area (Å²) in [6.07, 6.45) is 3.07. The number of aryl methyl sites for hydroxylation is 1. The monoisotopic (exact) mass is 383 g/mol. The summed E-state index contributed by atoms with van der Waals surface area (Å²) in [6.45, 7) is 1.86. The van der Waals surface area contributed by atoms with Crippen molar-refractivity contribution in [2.24, 2.45) is 0 Å². The molecule has 0 aliphatic carbocycles. The van der Waals surface area contributed by atoms with E-state index in [0.717, 1.165) is 14.7 Å². The average Bonchev–Trinajstić information content (AvgIpc) is 2.76. The van der Waals surface area contributed by atoms with Crippen molar-refractivity contribution in [3.05, 3.63) is 56.9 Å². The van der Waals surface area contributed by atoms with Crippen LogP contribution in [0.1, 0.15) is 11.5 Å². The van der Waals surface area contributed by atoms with Gasteiger partial charge in [0.25, 0.3) is 0 Å². The third-order valence-electron chi connectivity index (χ3n) is 2.35. The van der Waals surface area contributed by atoms with Crippen LogP contribution in [0.4, 0.5) is 5.69 Å². The number of halogens is 2. The number of benzene rings is 1. The van der Waals surface area contributed by atoms with Crippen molar-refractivity contribution < 1.29 is 9.21 Å². The Kier molecular flexibility index (Phi) is 4.61. The maximum atomic E-state index is 11.8. The van der Waals surface area contributed by atoms with Gasteiger partial charge in [-0.3, -0.25) is 4.79 Å². The number of anilines is 1. The summed E-state index contributed by atoms with van der Waals surface area (Å²) in [6, 6.07) is 9.21. The van der Waals surface area contributed by atoms with Gasteiger partial charge in [0, 0.05) is 15.0 Å². The minimum absolute atomic E-state index is 0.211. The fourth-order valence-electron chi connectivity index (χ4n) is 1.47. The Balaban J connectivity index is 2.03. The highest BCUT2D eigenvalue weighted by atomic mass is 79.9. The fourth-order valence-corrected chi connectivity index (χ4v) is 2.61. The lowest BCUT2D eigenvalue weighted by Gasteiger charge is -2.05. The highest BCUT2D eigenvalue weighted by Gasteiger charge is 2.03. The van der Waals surface area contributed by atoms with Gasteiger partial charge in [0.1, 0.15) is 11.5 Å². The smallest absolute Gasteiger partial charge is 0.248 e. The first kappa shape index (κ1) is 14.1. The number of furan rings is 1. The molecule has 5 heteroatoms. The maximum absolute atomic E-state index is 11.8. The number of carbonyl (C=O) groups is 1. The average molecular weight is 385 g/mol. The molecule has 0 aliphatic heterocycles. The van der Waals surface area contributed by atoms with Crippen molar-refractivity contribution in [2.75, 3.05) is 5.32 Å². The molecule has 3 nitrogen and oxygen atoms in total. The van der Waals surface area contributed by atoms with Gasteiger partial charge in [-0.2, -0.15) is 0 Å². The molecule has 2 aromatic rings. The third kappa shape index (κ3) is 4.08. The largest absolute Gasteiger partial charge is 0.462 e. The van der Waals surface area contributed by atoms with Crippen LogP contribution in [0, 0.1) is 6.92 Å². The van der Waals surface area contributed by atoms with Crippen molar-refractivity contribution in [3.8, 4) is 0 Å². The van der Waals surface area contributed by atoms with E-state index in [1.807, 2.05) is 37.3 Å². The molecule has 0 aliphatic rings. The summed E-state index contributed by atoms with van der Waals surface area (Å²) in [5.41, 5.74) is 0.716. The SMILES string of the molecule is Cc1ccc(/C=C/C(=O)Nc2ccc(Br)cc2Br)o1. The molecule has 19 heavy (non-hydrogen) atoms. The van der Waals surface area contributed by atoms with Gasteiger partial charge in [-0.05, 0) is 59.3 Å². The molecule has 1 aromatic heterocycles. The molecule has 0 spiro atoms. The van der Waals surface area contributed by atoms with Crippen molar-refractivity contribution in [3.63, 3.8) is 0 Å². The highest BCUT2D eigenvalue weighted by molar-refractivity contribution is 9.11. The third-order valence-corrected chi connectivity index (χ3v) is 3.50. The zero-order chi connectivity index (χ0) is 13.8. The first-order chi connectivity index (χ1) is 9.04. The van der Waals surface area contributed by atoms with Crippen LogP contribution in [0.3, 0.4) is 0 Å². The van der Waals surface area contributed by atoms with Crippen LogP contribution in [-0.4, -0.2) is 5.91 Å². The lowest BCUT2D eigenvalue weighted by atomic mass is 10.3. The Bertz CT molecular complexity index is 632. The van der Waals surface area contributed by atoms with Gasteiger partial charge in [-0.1, -0.05) is 15.9 Å². The zero-order valence-corrected chi connectivity index (χ0v) is 13.3. The number of carbonyl (C=O) groups excluding carboxylic acids is 1. The van der Waals surface area contributed by atoms with E-state index in [1.165, 1.54) is 6.08 Å². The Morgan fingerprint density at radius 1 is 1.26 bits per heavy atom. The summed E-state index contributed by atoms with van der Waals surface area (Å²) in [5, 5.41) is 2.78. The van der Waals surface area contributed by atoms with Gasteiger partial charge < -0.3 is 9.73 Å². The summed E-state index contributed by atoms with van der Waals surface area (Å²) in [5.74, 6) is 1.26. The molecule has 0 saturated heterocycles. The lowest BCUT2D eigenvalue weighted by Crippen LogP contribution is -2.08. The normalized spacial score (nSPS) is 10.9. The Morgan fingerprint density at radius 2 is 2.05 bits per heavy atom. The van der Waals surface area contributed by atoms with Crippen LogP contribution in [-0.2, 0) is 4.79 Å². The van der Waals surface area contributed by atoms with E-state index in [-0.39, 0.29) is 5.91 Å². The lowest BCUT2D eigenvalue weighted by molar-refractivity contribution is -0.111. The molecule has 0 saturated carbocycles. The van der Waals surface area contributed by atoms with Crippen molar-refractivity contribution in [1.29, 1.82) is 0 Å². The standard InChI is InChI=1S/C14H11Br2NO2/c1-9-2-4-11(19-9)5-7-14(18)17-13-6-3-10(15)8-12(13)16/h2-8H,1H3,(H,17,18)/b7-5+. The van der Waals surface area contributed by atoms with E-state index in [9.17, 15) is 4.79 Å². The van der Waals surface area contributed by atoms with Gasteiger partial charge >= 0.3 is 0 Å². The van der Waals surface area contributed by atoms with Crippen LogP contribution < -0.4 is 5.32 Å². The zero-order valence-electron chi connectivity index (χ0n) is 10.1. The predicted octanol–water partition coefficient (Wildman–Crippen LogP) is 4.76. The van der Waals surface area contributed by atoms with Gasteiger partial charge in [-0.25, -0.2) is 0 Å². The number of nitrogens with one attached hydrogen (secondary N) is 1. The second kappa shape index (κ2) is 6.21. The molecule has 1 aromatic carbocycles. The number of amides is 1. The second-order valence-corrected chi connectivity index (χ2v) is 5.67. The van der Waals surface area contributed by atoms with Crippen molar-refractivity contribution in [1.82, 2.24) is 0 Å². The number of hydrogen-bond donors (Lipinski definition) is 1. The Labute approximate surface area is 127 Å². The molecular formula is C14H11Br2NO2. The van der Waals surface area contributed by atoms with E-state index in [1.54, 1.807) is 6.08 Å². The molecule has 1 N–H and O–H groups in total. The molecule has 0 radical (unpaired) electrons. The molecule has 0 fully saturated rings. The highest BCUT2D eigenvalue weighted by Crippen LogP contribution is 2.26. The first-order valence-corrected chi connectivity index (χ1v) is 7.14. The fraction of sp³-hybridized carbons (Fsp3) is 0.0714. The van der Waals surface area contributed by atoms with Crippen LogP contribution in [0.5, 0.6) is 0 Å². The Morgan fingerprint density at radius 3 is 2.68 bits per heavy atom. The molecule has 2 rings (SSSR count). The molecule has 0 atom stereocenters. The van der Waals surface area contributed by atoms with Crippen molar-refractivity contribution >= 4 is 49.5 Å². The van der Waals surface area contributed by atoms with Crippen LogP contribution >= 0.6 is 31.9 Å². The quantitative estimate of drug-likeness (QED) is 0.774. The molecule has 1 heterocycles. The van der Waals surface area contributed by atoms with E-state index in [4.69, 9.17) is 4.42 Å². The second-order valence-electron chi connectivity index (χ2n) is 3.90. The molecule has 1 amide bonds. The molecule has 0 bridgehead atoms. The van der Waals surface area contributed by atoms with Crippen LogP contribution in [0.15, 0.2) is 49.8 Å². The van der Waals surface area contributed by atoms with Crippen LogP contribution in [0.2, 0.25) is 0 Å². The van der Waals surface area contributed by atoms with Crippen LogP contribution in [0.25, 0.3) is 6.08 Å². The van der Waals surface area contributed by atoms with Gasteiger partial charge in [-0.15, -0.1) is 0 Å². The minimum atomic E-state index is -0.211. The summed E-state index contributed by atoms with van der Waals surface area (Å²) < 4.78 is 7.10. The molecule has 98 valence electrons. The van der Waals surface area contributed by atoms with E-state index >= 15 is 0 Å². The topological polar surface area (TPSA) is 42.2 Å². The number of hydrogen-bond acceptors (Lipinski definition) is 2. The van der Waals surface area contributed by atoms with Gasteiger partial charge in [0.05, 0.1) is 5.69 Å². The van der Waals surface area contributed by atoms with Gasteiger partial charge in [0.2, 0.25) is 5.91 Å². The Hall–Kier alpha value is -1.33. The predicted molar refractivity (Wildman–Crippen MR) is 83.0 cm³/mol. The number of rotatable bonds is 3. The van der Waals surface area contributed by atoms with E-state index in [2.05, 4.69) is 37.2 Å². The minimum Gasteiger partial charge on any atom is -0.462 e. The molecular weight excluding hydrogens is 374 g/mol. The summed E-state index contributed by atoms with van der Waals surface area (Å²) in [7, 11) is 0. The van der Waals surface area contributed by atoms with E-state index < -0.39 is 0 Å².